The maximum atomic E-state index is 12.4. The van der Waals surface area contributed by atoms with Gasteiger partial charge in [0.15, 0.2) is 0 Å². The molecule has 9 heteroatoms. The third-order valence-electron chi connectivity index (χ3n) is 3.22. The first-order valence-corrected chi connectivity index (χ1v) is 7.58. The van der Waals surface area contributed by atoms with Gasteiger partial charge in [0.2, 0.25) is 0 Å². The van der Waals surface area contributed by atoms with Gasteiger partial charge < -0.3 is 10.6 Å². The molecule has 1 aliphatic heterocycles. The number of nitrogens with two attached hydrogens (primary N) is 2. The van der Waals surface area contributed by atoms with Crippen molar-refractivity contribution in [3.05, 3.63) is 23.5 Å². The zero-order valence-corrected chi connectivity index (χ0v) is 11.9. The summed E-state index contributed by atoms with van der Waals surface area (Å²) >= 11 is 0. The van der Waals surface area contributed by atoms with Crippen LogP contribution in [0.15, 0.2) is 12.3 Å². The summed E-state index contributed by atoms with van der Waals surface area (Å²) in [5.74, 6) is -0.198. The van der Waals surface area contributed by atoms with Gasteiger partial charge in [-0.05, 0) is 13.0 Å². The van der Waals surface area contributed by atoms with Crippen molar-refractivity contribution < 1.29 is 13.2 Å². The molecule has 1 aliphatic rings. The molecular weight excluding hydrogens is 282 g/mol. The van der Waals surface area contributed by atoms with Crippen molar-refractivity contribution in [2.45, 2.75) is 6.92 Å². The number of piperazine rings is 1. The highest BCUT2D eigenvalue weighted by molar-refractivity contribution is 7.86. The summed E-state index contributed by atoms with van der Waals surface area (Å²) in [4.78, 5) is 18.0. The summed E-state index contributed by atoms with van der Waals surface area (Å²) in [6.45, 7) is 2.71. The molecular formula is C11H17N5O3S. The minimum Gasteiger partial charge on any atom is -0.397 e. The summed E-state index contributed by atoms with van der Waals surface area (Å²) in [5.41, 5.74) is 7.09. The van der Waals surface area contributed by atoms with Crippen LogP contribution >= 0.6 is 0 Å². The van der Waals surface area contributed by atoms with Crippen molar-refractivity contribution in [2.75, 3.05) is 31.9 Å². The lowest BCUT2D eigenvalue weighted by Crippen LogP contribution is -2.52. The van der Waals surface area contributed by atoms with E-state index in [-0.39, 0.29) is 19.0 Å². The largest absolute Gasteiger partial charge is 0.397 e. The molecule has 2 rings (SSSR count). The molecule has 0 unspecified atom stereocenters. The Morgan fingerprint density at radius 1 is 1.30 bits per heavy atom. The zero-order chi connectivity index (χ0) is 14.9. The summed E-state index contributed by atoms with van der Waals surface area (Å²) in [6, 6.07) is 1.58. The third kappa shape index (κ3) is 3.06. The molecule has 110 valence electrons. The molecule has 1 aromatic heterocycles. The molecule has 20 heavy (non-hydrogen) atoms. The van der Waals surface area contributed by atoms with Gasteiger partial charge >= 0.3 is 0 Å². The van der Waals surface area contributed by atoms with E-state index < -0.39 is 10.2 Å². The number of amides is 1. The molecule has 8 nitrogen and oxygen atoms in total. The Bertz CT molecular complexity index is 623. The number of hydrogen-bond donors (Lipinski definition) is 2. The standard InChI is InChI=1S/C11H17N5O3S/c1-8-10(6-9(12)7-14-8)11(17)15-2-4-16(5-3-15)20(13,18)19/h6-7H,2-5,12H2,1H3,(H2,13,18,19). The second-order valence-electron chi connectivity index (χ2n) is 4.64. The van der Waals surface area contributed by atoms with E-state index in [1.165, 1.54) is 6.20 Å². The summed E-state index contributed by atoms with van der Waals surface area (Å²) < 4.78 is 23.6. The van der Waals surface area contributed by atoms with E-state index in [1.807, 2.05) is 0 Å². The van der Waals surface area contributed by atoms with Crippen LogP contribution in [-0.2, 0) is 10.2 Å². The fraction of sp³-hybridized carbons (Fsp3) is 0.455. The predicted octanol–water partition coefficient (Wildman–Crippen LogP) is -1.07. The third-order valence-corrected chi connectivity index (χ3v) is 4.31. The average molecular weight is 299 g/mol. The Kier molecular flexibility index (Phi) is 3.93. The SMILES string of the molecule is Cc1ncc(N)cc1C(=O)N1CCN(S(N)(=O)=O)CC1. The van der Waals surface area contributed by atoms with Crippen molar-refractivity contribution in [3.8, 4) is 0 Å². The van der Waals surface area contributed by atoms with Crippen LogP contribution in [0.3, 0.4) is 0 Å². The molecule has 0 bridgehead atoms. The molecule has 0 atom stereocenters. The van der Waals surface area contributed by atoms with E-state index in [2.05, 4.69) is 4.98 Å². The van der Waals surface area contributed by atoms with Crippen LogP contribution in [0.2, 0.25) is 0 Å². The number of carbonyl (C=O) groups excluding carboxylic acids is 1. The van der Waals surface area contributed by atoms with Gasteiger partial charge in [0, 0.05) is 26.2 Å². The zero-order valence-electron chi connectivity index (χ0n) is 11.1. The highest BCUT2D eigenvalue weighted by atomic mass is 32.2. The highest BCUT2D eigenvalue weighted by Crippen LogP contribution is 2.14. The van der Waals surface area contributed by atoms with Gasteiger partial charge in [0.05, 0.1) is 23.1 Å². The van der Waals surface area contributed by atoms with Crippen LogP contribution in [0.25, 0.3) is 0 Å². The molecule has 0 aliphatic carbocycles. The molecule has 2 heterocycles. The molecule has 1 fully saturated rings. The average Bonchev–Trinajstić information content (AvgIpc) is 2.40. The number of rotatable bonds is 2. The molecule has 4 N–H and O–H groups in total. The molecule has 1 saturated heterocycles. The van der Waals surface area contributed by atoms with Crippen LogP contribution in [0.4, 0.5) is 5.69 Å². The Balaban J connectivity index is 2.11. The number of carbonyl (C=O) groups is 1. The number of anilines is 1. The van der Waals surface area contributed by atoms with Gasteiger partial charge in [-0.1, -0.05) is 0 Å². The van der Waals surface area contributed by atoms with Gasteiger partial charge in [-0.15, -0.1) is 0 Å². The summed E-state index contributed by atoms with van der Waals surface area (Å²) in [7, 11) is -3.69. The first-order chi connectivity index (χ1) is 9.29. The molecule has 0 spiro atoms. The van der Waals surface area contributed by atoms with Gasteiger partial charge in [-0.25, -0.2) is 5.14 Å². The van der Waals surface area contributed by atoms with Crippen molar-refractivity contribution in [3.63, 3.8) is 0 Å². The second-order valence-corrected chi connectivity index (χ2v) is 6.18. The summed E-state index contributed by atoms with van der Waals surface area (Å²) in [6.07, 6.45) is 1.49. The monoisotopic (exact) mass is 299 g/mol. The lowest BCUT2D eigenvalue weighted by Gasteiger charge is -2.33. The van der Waals surface area contributed by atoms with E-state index in [0.29, 0.717) is 30.0 Å². The topological polar surface area (TPSA) is 123 Å². The highest BCUT2D eigenvalue weighted by Gasteiger charge is 2.27. The number of nitrogen functional groups attached to an aromatic ring is 1. The van der Waals surface area contributed by atoms with Crippen LogP contribution in [0, 0.1) is 6.92 Å². The van der Waals surface area contributed by atoms with Crippen LogP contribution in [-0.4, -0.2) is 54.7 Å². The molecule has 1 aromatic rings. The number of nitrogens with zero attached hydrogens (tertiary/aromatic N) is 3. The normalized spacial score (nSPS) is 17.2. The first kappa shape index (κ1) is 14.7. The van der Waals surface area contributed by atoms with Crippen molar-refractivity contribution in [1.82, 2.24) is 14.2 Å². The molecule has 0 aromatic carbocycles. The minimum atomic E-state index is -3.69. The maximum absolute atomic E-state index is 12.4. The van der Waals surface area contributed by atoms with Crippen LogP contribution in [0.5, 0.6) is 0 Å². The lowest BCUT2D eigenvalue weighted by molar-refractivity contribution is 0.0696. The van der Waals surface area contributed by atoms with Crippen molar-refractivity contribution >= 4 is 21.8 Å². The van der Waals surface area contributed by atoms with Crippen LogP contribution in [0.1, 0.15) is 16.1 Å². The Morgan fingerprint density at radius 3 is 2.45 bits per heavy atom. The van der Waals surface area contributed by atoms with Gasteiger partial charge in [0.25, 0.3) is 16.1 Å². The van der Waals surface area contributed by atoms with Gasteiger partial charge in [-0.3, -0.25) is 9.78 Å². The second kappa shape index (κ2) is 5.35. The minimum absolute atomic E-state index is 0.194. The van der Waals surface area contributed by atoms with E-state index in [1.54, 1.807) is 17.9 Å². The van der Waals surface area contributed by atoms with Gasteiger partial charge in [0.1, 0.15) is 0 Å². The molecule has 0 radical (unpaired) electrons. The van der Waals surface area contributed by atoms with E-state index in [9.17, 15) is 13.2 Å². The summed E-state index contributed by atoms with van der Waals surface area (Å²) in [5, 5.41) is 5.06. The van der Waals surface area contributed by atoms with E-state index >= 15 is 0 Å². The number of aromatic nitrogens is 1. The first-order valence-electron chi connectivity index (χ1n) is 6.08. The molecule has 0 saturated carbocycles. The quantitative estimate of drug-likeness (QED) is 0.720. The lowest BCUT2D eigenvalue weighted by atomic mass is 10.1. The number of aryl methyl sites for hydroxylation is 1. The number of pyridine rings is 1. The Morgan fingerprint density at radius 2 is 1.90 bits per heavy atom. The number of hydrogen-bond acceptors (Lipinski definition) is 5. The Labute approximate surface area is 117 Å². The Hall–Kier alpha value is -1.71. The van der Waals surface area contributed by atoms with Crippen molar-refractivity contribution in [1.29, 1.82) is 0 Å². The predicted molar refractivity (Wildman–Crippen MR) is 74.0 cm³/mol. The smallest absolute Gasteiger partial charge is 0.277 e. The van der Waals surface area contributed by atoms with Gasteiger partial charge in [-0.2, -0.15) is 12.7 Å². The van der Waals surface area contributed by atoms with Crippen molar-refractivity contribution in [2.24, 2.45) is 5.14 Å². The maximum Gasteiger partial charge on any atom is 0.277 e. The fourth-order valence-electron chi connectivity index (χ4n) is 2.08. The van der Waals surface area contributed by atoms with E-state index in [4.69, 9.17) is 10.9 Å². The fourth-order valence-corrected chi connectivity index (χ4v) is 2.75. The molecule has 1 amide bonds. The van der Waals surface area contributed by atoms with E-state index in [0.717, 1.165) is 4.31 Å². The van der Waals surface area contributed by atoms with Crippen LogP contribution < -0.4 is 10.9 Å².